The van der Waals surface area contributed by atoms with Crippen molar-refractivity contribution in [3.63, 3.8) is 0 Å². The van der Waals surface area contributed by atoms with Crippen molar-refractivity contribution in [2.24, 2.45) is 0 Å². The zero-order valence-electron chi connectivity index (χ0n) is 9.83. The Labute approximate surface area is 109 Å². The van der Waals surface area contributed by atoms with Gasteiger partial charge in [0.25, 0.3) is 5.91 Å². The van der Waals surface area contributed by atoms with E-state index in [0.717, 1.165) is 6.07 Å². The van der Waals surface area contributed by atoms with Crippen molar-refractivity contribution in [1.82, 2.24) is 5.32 Å². The average molecular weight is 274 g/mol. The van der Waals surface area contributed by atoms with Gasteiger partial charge < -0.3 is 10.1 Å². The lowest BCUT2D eigenvalue weighted by Crippen LogP contribution is -2.27. The quantitative estimate of drug-likeness (QED) is 0.837. The van der Waals surface area contributed by atoms with Crippen molar-refractivity contribution < 1.29 is 18.7 Å². The van der Waals surface area contributed by atoms with Crippen molar-refractivity contribution in [3.05, 3.63) is 34.6 Å². The van der Waals surface area contributed by atoms with Gasteiger partial charge in [-0.3, -0.25) is 9.59 Å². The first-order chi connectivity index (χ1) is 8.56. The highest BCUT2D eigenvalue weighted by atomic mass is 35.5. The maximum atomic E-state index is 13.1. The van der Waals surface area contributed by atoms with E-state index in [-0.39, 0.29) is 23.6 Å². The van der Waals surface area contributed by atoms with E-state index in [1.165, 1.54) is 12.1 Å². The number of nitrogens with one attached hydrogen (secondary N) is 1. The molecule has 0 spiro atoms. The van der Waals surface area contributed by atoms with Gasteiger partial charge in [-0.15, -0.1) is 0 Å². The number of carbonyl (C=O) groups excluding carboxylic acids is 2. The number of benzene rings is 1. The van der Waals surface area contributed by atoms with Crippen LogP contribution in [0.1, 0.15) is 23.7 Å². The molecular formula is C12H13ClFNO3. The van der Waals surface area contributed by atoms with Gasteiger partial charge in [-0.1, -0.05) is 17.7 Å². The molecule has 0 fully saturated rings. The number of ether oxygens (including phenoxy) is 1. The molecule has 1 aromatic carbocycles. The van der Waals surface area contributed by atoms with Gasteiger partial charge in [0.05, 0.1) is 23.6 Å². The second-order valence-corrected chi connectivity index (χ2v) is 3.79. The largest absolute Gasteiger partial charge is 0.466 e. The van der Waals surface area contributed by atoms with Gasteiger partial charge in [0.1, 0.15) is 5.82 Å². The number of halogens is 2. The predicted molar refractivity (Wildman–Crippen MR) is 65.0 cm³/mol. The van der Waals surface area contributed by atoms with Crippen molar-refractivity contribution >= 4 is 23.5 Å². The van der Waals surface area contributed by atoms with Crippen LogP contribution in [-0.4, -0.2) is 25.0 Å². The zero-order valence-corrected chi connectivity index (χ0v) is 10.6. The first-order valence-electron chi connectivity index (χ1n) is 5.44. The first-order valence-corrected chi connectivity index (χ1v) is 5.82. The number of amides is 1. The molecule has 1 rings (SSSR count). The number of esters is 1. The van der Waals surface area contributed by atoms with Crippen LogP contribution in [0.15, 0.2) is 18.2 Å². The topological polar surface area (TPSA) is 55.4 Å². The molecule has 0 radical (unpaired) electrons. The fourth-order valence-electron chi connectivity index (χ4n) is 1.29. The van der Waals surface area contributed by atoms with Crippen LogP contribution in [0, 0.1) is 5.82 Å². The maximum absolute atomic E-state index is 13.1. The van der Waals surface area contributed by atoms with Crippen LogP contribution < -0.4 is 5.32 Å². The highest BCUT2D eigenvalue weighted by molar-refractivity contribution is 6.34. The second-order valence-electron chi connectivity index (χ2n) is 3.41. The summed E-state index contributed by atoms with van der Waals surface area (Å²) in [4.78, 5) is 22.7. The summed E-state index contributed by atoms with van der Waals surface area (Å²) in [7, 11) is 0. The Morgan fingerprint density at radius 2 is 2.17 bits per heavy atom. The molecule has 0 saturated carbocycles. The van der Waals surface area contributed by atoms with Crippen LogP contribution in [0.3, 0.4) is 0 Å². The summed E-state index contributed by atoms with van der Waals surface area (Å²) < 4.78 is 17.8. The van der Waals surface area contributed by atoms with Gasteiger partial charge in [0.15, 0.2) is 0 Å². The molecule has 0 aliphatic heterocycles. The van der Waals surface area contributed by atoms with Crippen LogP contribution in [0.2, 0.25) is 5.02 Å². The molecule has 4 nitrogen and oxygen atoms in total. The molecule has 1 amide bonds. The molecule has 0 atom stereocenters. The minimum Gasteiger partial charge on any atom is -0.466 e. The molecule has 0 aliphatic rings. The number of rotatable bonds is 5. The molecule has 0 unspecified atom stereocenters. The lowest BCUT2D eigenvalue weighted by molar-refractivity contribution is -0.142. The normalized spacial score (nSPS) is 9.94. The summed E-state index contributed by atoms with van der Waals surface area (Å²) in [6.45, 7) is 2.11. The minimum atomic E-state index is -0.658. The summed E-state index contributed by atoms with van der Waals surface area (Å²) in [5, 5.41) is 2.24. The summed E-state index contributed by atoms with van der Waals surface area (Å²) >= 11 is 5.65. The Hall–Kier alpha value is -1.62. The maximum Gasteiger partial charge on any atom is 0.307 e. The summed E-state index contributed by atoms with van der Waals surface area (Å²) in [5.74, 6) is -1.58. The van der Waals surface area contributed by atoms with Crippen molar-refractivity contribution in [2.45, 2.75) is 13.3 Å². The number of hydrogen-bond donors (Lipinski definition) is 1. The first kappa shape index (κ1) is 14.4. The van der Waals surface area contributed by atoms with Crippen LogP contribution in [0.25, 0.3) is 0 Å². The van der Waals surface area contributed by atoms with Gasteiger partial charge in [-0.05, 0) is 19.1 Å². The van der Waals surface area contributed by atoms with Gasteiger partial charge in [0.2, 0.25) is 0 Å². The van der Waals surface area contributed by atoms with E-state index >= 15 is 0 Å². The van der Waals surface area contributed by atoms with Crippen LogP contribution in [0.5, 0.6) is 0 Å². The van der Waals surface area contributed by atoms with Crippen LogP contribution in [-0.2, 0) is 9.53 Å². The standard InChI is InChI=1S/C12H13ClFNO3/c1-2-18-10(16)6-7-15-12(17)8-4-3-5-9(14)11(8)13/h3-5H,2,6-7H2,1H3,(H,15,17). The van der Waals surface area contributed by atoms with E-state index < -0.39 is 17.7 Å². The van der Waals surface area contributed by atoms with Gasteiger partial charge in [0, 0.05) is 6.54 Å². The Kier molecular flexibility index (Phi) is 5.58. The van der Waals surface area contributed by atoms with Crippen molar-refractivity contribution in [2.75, 3.05) is 13.2 Å². The zero-order chi connectivity index (χ0) is 13.5. The Morgan fingerprint density at radius 3 is 2.83 bits per heavy atom. The Balaban J connectivity index is 2.51. The van der Waals surface area contributed by atoms with E-state index in [2.05, 4.69) is 5.32 Å². The summed E-state index contributed by atoms with van der Waals surface area (Å²) in [6.07, 6.45) is 0.0620. The van der Waals surface area contributed by atoms with E-state index in [9.17, 15) is 14.0 Å². The highest BCUT2D eigenvalue weighted by Gasteiger charge is 2.13. The van der Waals surface area contributed by atoms with E-state index in [0.29, 0.717) is 6.61 Å². The number of carbonyl (C=O) groups is 2. The molecule has 0 heterocycles. The molecule has 98 valence electrons. The van der Waals surface area contributed by atoms with Gasteiger partial charge >= 0.3 is 5.97 Å². The molecule has 1 N–H and O–H groups in total. The molecule has 18 heavy (non-hydrogen) atoms. The van der Waals surface area contributed by atoms with E-state index in [1.807, 2.05) is 0 Å². The molecule has 0 saturated heterocycles. The Bertz CT molecular complexity index is 451. The molecule has 6 heteroatoms. The average Bonchev–Trinajstić information content (AvgIpc) is 2.33. The molecule has 1 aromatic rings. The second kappa shape index (κ2) is 6.96. The third-order valence-electron chi connectivity index (χ3n) is 2.12. The molecule has 0 aliphatic carbocycles. The SMILES string of the molecule is CCOC(=O)CCNC(=O)c1cccc(F)c1Cl. The predicted octanol–water partition coefficient (Wildman–Crippen LogP) is 2.16. The van der Waals surface area contributed by atoms with E-state index in [1.54, 1.807) is 6.92 Å². The monoisotopic (exact) mass is 273 g/mol. The van der Waals surface area contributed by atoms with Gasteiger partial charge in [-0.25, -0.2) is 4.39 Å². The summed E-state index contributed by atoms with van der Waals surface area (Å²) in [5.41, 5.74) is 0.0422. The van der Waals surface area contributed by atoms with E-state index in [4.69, 9.17) is 16.3 Å². The Morgan fingerprint density at radius 1 is 1.44 bits per heavy atom. The van der Waals surface area contributed by atoms with Crippen LogP contribution in [0.4, 0.5) is 4.39 Å². The van der Waals surface area contributed by atoms with Crippen molar-refractivity contribution in [3.8, 4) is 0 Å². The minimum absolute atomic E-state index is 0.0422. The molecule has 0 aromatic heterocycles. The molecule has 0 bridgehead atoms. The fraction of sp³-hybridized carbons (Fsp3) is 0.333. The lowest BCUT2D eigenvalue weighted by atomic mass is 10.2. The third-order valence-corrected chi connectivity index (χ3v) is 2.50. The lowest BCUT2D eigenvalue weighted by Gasteiger charge is -2.06. The fourth-order valence-corrected chi connectivity index (χ4v) is 1.50. The summed E-state index contributed by atoms with van der Waals surface area (Å²) in [6, 6.07) is 3.96. The van der Waals surface area contributed by atoms with Crippen molar-refractivity contribution in [1.29, 1.82) is 0 Å². The number of hydrogen-bond acceptors (Lipinski definition) is 3. The highest BCUT2D eigenvalue weighted by Crippen LogP contribution is 2.19. The van der Waals surface area contributed by atoms with Crippen LogP contribution >= 0.6 is 11.6 Å². The third kappa shape index (κ3) is 4.00. The van der Waals surface area contributed by atoms with Gasteiger partial charge in [-0.2, -0.15) is 0 Å². The smallest absolute Gasteiger partial charge is 0.307 e. The molecular weight excluding hydrogens is 261 g/mol.